The molecule has 2 aliphatic rings. The number of nitrogens with zero attached hydrogens (tertiary/aromatic N) is 2. The molecule has 0 saturated carbocycles. The maximum Gasteiger partial charge on any atom is 0.220 e. The number of hydrogen-bond acceptors (Lipinski definition) is 5. The van der Waals surface area contributed by atoms with Gasteiger partial charge in [-0.2, -0.15) is 0 Å². The van der Waals surface area contributed by atoms with Crippen LogP contribution in [0.25, 0.3) is 0 Å². The van der Waals surface area contributed by atoms with Gasteiger partial charge in [0.05, 0.1) is 5.75 Å². The summed E-state index contributed by atoms with van der Waals surface area (Å²) in [6.07, 6.45) is 3.63. The summed E-state index contributed by atoms with van der Waals surface area (Å²) in [6.45, 7) is 3.99. The lowest BCUT2D eigenvalue weighted by Gasteiger charge is -2.49. The van der Waals surface area contributed by atoms with Gasteiger partial charge in [0.1, 0.15) is 9.84 Å². The van der Waals surface area contributed by atoms with Crippen LogP contribution in [0.5, 0.6) is 0 Å². The molecule has 2 rings (SSSR count). The average Bonchev–Trinajstić information content (AvgIpc) is 2.54. The molecule has 2 aliphatic heterocycles. The van der Waals surface area contributed by atoms with E-state index in [-0.39, 0.29) is 17.2 Å². The number of carbonyl (C=O) groups excluding carboxylic acids is 1. The summed E-state index contributed by atoms with van der Waals surface area (Å²) < 4.78 is 22.6. The van der Waals surface area contributed by atoms with Crippen LogP contribution in [0.1, 0.15) is 19.3 Å². The van der Waals surface area contributed by atoms with Crippen molar-refractivity contribution in [1.29, 1.82) is 0 Å². The van der Waals surface area contributed by atoms with Crippen LogP contribution in [-0.4, -0.2) is 81.4 Å². The van der Waals surface area contributed by atoms with Crippen LogP contribution in [0.3, 0.4) is 0 Å². The highest BCUT2D eigenvalue weighted by atomic mass is 32.2. The van der Waals surface area contributed by atoms with E-state index in [4.69, 9.17) is 0 Å². The number of piperazine rings is 1. The number of nitrogens with one attached hydrogen (secondary N) is 1. The van der Waals surface area contributed by atoms with E-state index in [1.807, 2.05) is 0 Å². The minimum Gasteiger partial charge on any atom is -0.356 e. The van der Waals surface area contributed by atoms with Crippen LogP contribution in [0, 0.1) is 0 Å². The Morgan fingerprint density at radius 1 is 1.30 bits per heavy atom. The van der Waals surface area contributed by atoms with Gasteiger partial charge < -0.3 is 5.32 Å². The van der Waals surface area contributed by atoms with Gasteiger partial charge in [-0.1, -0.05) is 0 Å². The Labute approximate surface area is 121 Å². The Bertz CT molecular complexity index is 465. The maximum atomic E-state index is 11.5. The topological polar surface area (TPSA) is 69.7 Å². The van der Waals surface area contributed by atoms with Gasteiger partial charge in [0.15, 0.2) is 0 Å². The summed E-state index contributed by atoms with van der Waals surface area (Å²) in [5, 5.41) is 2.93. The molecule has 2 fully saturated rings. The predicted molar refractivity (Wildman–Crippen MR) is 78.4 cm³/mol. The Balaban J connectivity index is 2.02. The summed E-state index contributed by atoms with van der Waals surface area (Å²) in [4.78, 5) is 16.1. The van der Waals surface area contributed by atoms with Crippen LogP contribution in [-0.2, 0) is 14.6 Å². The molecule has 2 heterocycles. The third-order valence-electron chi connectivity index (χ3n) is 4.59. The molecule has 2 saturated heterocycles. The Morgan fingerprint density at radius 2 is 2.05 bits per heavy atom. The minimum absolute atomic E-state index is 0.00884. The molecule has 0 aromatic heterocycles. The SMILES string of the molecule is CN1CCN(CCS(C)(=O)=O)CC12CCNC(=O)CC2. The Hall–Kier alpha value is -0.660. The monoisotopic (exact) mass is 303 g/mol. The van der Waals surface area contributed by atoms with Crippen molar-refractivity contribution >= 4 is 15.7 Å². The summed E-state index contributed by atoms with van der Waals surface area (Å²) in [6, 6.07) is 0. The van der Waals surface area contributed by atoms with Crippen molar-refractivity contribution in [3.63, 3.8) is 0 Å². The smallest absolute Gasteiger partial charge is 0.220 e. The van der Waals surface area contributed by atoms with Gasteiger partial charge in [-0.3, -0.25) is 14.6 Å². The second-order valence-corrected chi connectivity index (χ2v) is 8.41. The minimum atomic E-state index is -2.92. The number of likely N-dealkylation sites (N-methyl/N-ethyl adjacent to an activating group) is 1. The number of sulfone groups is 1. The van der Waals surface area contributed by atoms with Gasteiger partial charge in [0.2, 0.25) is 5.91 Å². The number of rotatable bonds is 3. The first-order valence-corrected chi connectivity index (χ1v) is 9.25. The first kappa shape index (κ1) is 15.7. The van der Waals surface area contributed by atoms with Crippen LogP contribution in [0.15, 0.2) is 0 Å². The van der Waals surface area contributed by atoms with Crippen LogP contribution in [0.2, 0.25) is 0 Å². The number of carbonyl (C=O) groups is 1. The first-order chi connectivity index (χ1) is 9.31. The van der Waals surface area contributed by atoms with Crippen molar-refractivity contribution in [2.24, 2.45) is 0 Å². The van der Waals surface area contributed by atoms with E-state index >= 15 is 0 Å². The predicted octanol–water partition coefficient (Wildman–Crippen LogP) is -0.683. The fraction of sp³-hybridized carbons (Fsp3) is 0.923. The molecule has 1 unspecified atom stereocenters. The highest BCUT2D eigenvalue weighted by Gasteiger charge is 2.40. The van der Waals surface area contributed by atoms with E-state index in [1.165, 1.54) is 6.26 Å². The van der Waals surface area contributed by atoms with E-state index in [0.29, 0.717) is 19.5 Å². The van der Waals surface area contributed by atoms with Crippen molar-refractivity contribution in [2.45, 2.75) is 24.8 Å². The van der Waals surface area contributed by atoms with Crippen LogP contribution >= 0.6 is 0 Å². The summed E-state index contributed by atoms with van der Waals surface area (Å²) in [5.74, 6) is 0.341. The second-order valence-electron chi connectivity index (χ2n) is 6.15. The quantitative estimate of drug-likeness (QED) is 0.748. The van der Waals surface area contributed by atoms with E-state index in [0.717, 1.165) is 32.5 Å². The summed E-state index contributed by atoms with van der Waals surface area (Å²) in [5.41, 5.74) is 0.00884. The van der Waals surface area contributed by atoms with E-state index in [1.54, 1.807) is 0 Å². The Morgan fingerprint density at radius 3 is 2.75 bits per heavy atom. The number of amides is 1. The maximum absolute atomic E-state index is 11.5. The zero-order chi connectivity index (χ0) is 14.8. The normalized spacial score (nSPS) is 30.2. The standard InChI is InChI=1S/C13H25N3O3S/c1-15-7-8-16(9-10-20(2,18)19)11-13(15)4-3-12(17)14-6-5-13/h3-11H2,1-2H3,(H,14,17). The lowest BCUT2D eigenvalue weighted by atomic mass is 9.86. The van der Waals surface area contributed by atoms with Gasteiger partial charge in [-0.25, -0.2) is 8.42 Å². The molecule has 1 spiro atoms. The molecule has 0 aromatic carbocycles. The molecule has 0 aliphatic carbocycles. The second kappa shape index (κ2) is 5.99. The van der Waals surface area contributed by atoms with Gasteiger partial charge in [0.25, 0.3) is 0 Å². The summed E-state index contributed by atoms with van der Waals surface area (Å²) in [7, 11) is -0.802. The lowest BCUT2D eigenvalue weighted by Crippen LogP contribution is -2.61. The lowest BCUT2D eigenvalue weighted by molar-refractivity contribution is -0.121. The van der Waals surface area contributed by atoms with Crippen molar-refractivity contribution in [2.75, 3.05) is 51.8 Å². The van der Waals surface area contributed by atoms with Gasteiger partial charge >= 0.3 is 0 Å². The molecular formula is C13H25N3O3S. The molecule has 7 heteroatoms. The third-order valence-corrected chi connectivity index (χ3v) is 5.51. The fourth-order valence-electron chi connectivity index (χ4n) is 3.16. The van der Waals surface area contributed by atoms with Crippen LogP contribution < -0.4 is 5.32 Å². The largest absolute Gasteiger partial charge is 0.356 e. The zero-order valence-electron chi connectivity index (χ0n) is 12.4. The molecule has 20 heavy (non-hydrogen) atoms. The molecule has 0 aromatic rings. The van der Waals surface area contributed by atoms with Crippen molar-refractivity contribution in [3.05, 3.63) is 0 Å². The fourth-order valence-corrected chi connectivity index (χ4v) is 3.75. The molecule has 0 radical (unpaired) electrons. The molecule has 1 atom stereocenters. The van der Waals surface area contributed by atoms with Gasteiger partial charge in [0, 0.05) is 50.9 Å². The Kier molecular flexibility index (Phi) is 4.71. The van der Waals surface area contributed by atoms with Crippen molar-refractivity contribution in [1.82, 2.24) is 15.1 Å². The molecular weight excluding hydrogens is 278 g/mol. The zero-order valence-corrected chi connectivity index (χ0v) is 13.2. The first-order valence-electron chi connectivity index (χ1n) is 7.19. The van der Waals surface area contributed by atoms with E-state index in [9.17, 15) is 13.2 Å². The molecule has 6 nitrogen and oxygen atoms in total. The highest BCUT2D eigenvalue weighted by Crippen LogP contribution is 2.30. The summed E-state index contributed by atoms with van der Waals surface area (Å²) >= 11 is 0. The molecule has 1 N–H and O–H groups in total. The van der Waals surface area contributed by atoms with Crippen molar-refractivity contribution < 1.29 is 13.2 Å². The molecule has 116 valence electrons. The van der Waals surface area contributed by atoms with E-state index < -0.39 is 9.84 Å². The molecule has 0 bridgehead atoms. The van der Waals surface area contributed by atoms with Crippen LogP contribution in [0.4, 0.5) is 0 Å². The third kappa shape index (κ3) is 3.93. The van der Waals surface area contributed by atoms with Gasteiger partial charge in [-0.05, 0) is 19.9 Å². The molecule has 1 amide bonds. The van der Waals surface area contributed by atoms with Gasteiger partial charge in [-0.15, -0.1) is 0 Å². The average molecular weight is 303 g/mol. The van der Waals surface area contributed by atoms with Crippen molar-refractivity contribution in [3.8, 4) is 0 Å². The number of hydrogen-bond donors (Lipinski definition) is 1. The van der Waals surface area contributed by atoms with E-state index in [2.05, 4.69) is 22.2 Å². The highest BCUT2D eigenvalue weighted by molar-refractivity contribution is 7.90.